The highest BCUT2D eigenvalue weighted by Crippen LogP contribution is 2.40. The number of nitrogens with one attached hydrogen (secondary N) is 1. The smallest absolute Gasteiger partial charge is 0.254 e. The van der Waals surface area contributed by atoms with Crippen LogP contribution in [0, 0.1) is 17.4 Å². The number of amides is 1. The maximum Gasteiger partial charge on any atom is 0.254 e. The number of nitriles is 1. The lowest BCUT2D eigenvalue weighted by Crippen LogP contribution is -2.37. The summed E-state index contributed by atoms with van der Waals surface area (Å²) in [6.45, 7) is 2.33. The molecule has 170 valence electrons. The highest BCUT2D eigenvalue weighted by molar-refractivity contribution is 6.02. The second-order valence-corrected chi connectivity index (χ2v) is 8.83. The summed E-state index contributed by atoms with van der Waals surface area (Å²) in [5.74, 6) is 2.39. The molecule has 0 saturated carbocycles. The quantitative estimate of drug-likeness (QED) is 0.681. The maximum absolute atomic E-state index is 12.5. The average Bonchev–Trinajstić information content (AvgIpc) is 3.25. The number of hydrogen-bond acceptors (Lipinski definition) is 6. The minimum absolute atomic E-state index is 0.200. The molecule has 5 rings (SSSR count). The molecule has 0 spiro atoms. The van der Waals surface area contributed by atoms with Crippen LogP contribution in [0.3, 0.4) is 0 Å². The second-order valence-electron chi connectivity index (χ2n) is 8.83. The lowest BCUT2D eigenvalue weighted by Gasteiger charge is -2.36. The number of rotatable bonds is 5. The van der Waals surface area contributed by atoms with E-state index < -0.39 is 5.91 Å². The fraction of sp³-hybridized carbons (Fsp3) is 0.400. The van der Waals surface area contributed by atoms with Crippen molar-refractivity contribution in [2.24, 2.45) is 11.7 Å². The van der Waals surface area contributed by atoms with Crippen LogP contribution in [-0.2, 0) is 0 Å². The van der Waals surface area contributed by atoms with Crippen molar-refractivity contribution >= 4 is 17.3 Å². The Balaban J connectivity index is 1.43. The van der Waals surface area contributed by atoms with Gasteiger partial charge in [0.25, 0.3) is 5.91 Å². The van der Waals surface area contributed by atoms with Gasteiger partial charge < -0.3 is 20.7 Å². The molecule has 1 amide bonds. The van der Waals surface area contributed by atoms with Crippen molar-refractivity contribution in [3.05, 3.63) is 59.5 Å². The first kappa shape index (κ1) is 21.1. The molecule has 3 aliphatic rings. The molecular weight excluding hydrogens is 416 g/mol. The molecule has 1 aromatic heterocycles. The Bertz CT molecular complexity index is 1140. The van der Waals surface area contributed by atoms with Crippen molar-refractivity contribution < 1.29 is 9.53 Å². The van der Waals surface area contributed by atoms with Gasteiger partial charge in [-0.25, -0.2) is 4.68 Å². The zero-order valence-corrected chi connectivity index (χ0v) is 18.5. The number of likely N-dealkylation sites (tertiary alicyclic amines) is 1. The summed E-state index contributed by atoms with van der Waals surface area (Å²) in [6.07, 6.45) is 10.5. The zero-order valence-electron chi connectivity index (χ0n) is 18.5. The van der Waals surface area contributed by atoms with E-state index >= 15 is 0 Å². The molecule has 2 aromatic rings. The van der Waals surface area contributed by atoms with Crippen LogP contribution in [0.2, 0.25) is 0 Å². The van der Waals surface area contributed by atoms with E-state index in [0.717, 1.165) is 74.6 Å². The van der Waals surface area contributed by atoms with Crippen LogP contribution < -0.4 is 15.8 Å². The molecule has 1 aliphatic carbocycles. The number of anilines is 1. The van der Waals surface area contributed by atoms with Crippen molar-refractivity contribution in [1.82, 2.24) is 14.7 Å². The first-order valence-corrected chi connectivity index (χ1v) is 11.6. The Labute approximate surface area is 193 Å². The molecule has 0 bridgehead atoms. The largest absolute Gasteiger partial charge is 0.462 e. The van der Waals surface area contributed by atoms with Gasteiger partial charge in [-0.2, -0.15) is 10.4 Å². The van der Waals surface area contributed by atoms with Gasteiger partial charge in [0.15, 0.2) is 6.19 Å². The number of fused-ring (bicyclic) bond motifs is 1. The molecule has 3 N–H and O–H groups in total. The van der Waals surface area contributed by atoms with E-state index in [1.165, 1.54) is 0 Å². The van der Waals surface area contributed by atoms with Gasteiger partial charge in [0.2, 0.25) is 0 Å². The third-order valence-corrected chi connectivity index (χ3v) is 6.84. The van der Waals surface area contributed by atoms with Crippen LogP contribution >= 0.6 is 0 Å². The number of aromatic nitrogens is 2. The molecule has 1 atom stereocenters. The van der Waals surface area contributed by atoms with Gasteiger partial charge in [0.1, 0.15) is 28.6 Å². The normalized spacial score (nSPS) is 20.7. The lowest BCUT2D eigenvalue weighted by molar-refractivity contribution is 0.100. The number of carbonyl (C=O) groups excluding carboxylic acids is 1. The van der Waals surface area contributed by atoms with E-state index in [2.05, 4.69) is 11.5 Å². The van der Waals surface area contributed by atoms with E-state index in [1.54, 1.807) is 0 Å². The first-order valence-electron chi connectivity index (χ1n) is 11.6. The lowest BCUT2D eigenvalue weighted by atomic mass is 9.87. The Hall–Kier alpha value is -3.73. The topological polar surface area (TPSA) is 109 Å². The van der Waals surface area contributed by atoms with Crippen molar-refractivity contribution in [2.45, 2.75) is 38.1 Å². The highest BCUT2D eigenvalue weighted by Gasteiger charge is 2.35. The summed E-state index contributed by atoms with van der Waals surface area (Å²) in [7, 11) is 0. The minimum Gasteiger partial charge on any atom is -0.462 e. The van der Waals surface area contributed by atoms with E-state index in [0.29, 0.717) is 17.2 Å². The SMILES string of the molecule is N#CN1CCC(C2CCNc3c(C(N)=O)c(C4=CC=C(Oc5ccccc5)CC4)nn32)CC1. The van der Waals surface area contributed by atoms with Gasteiger partial charge in [-0.3, -0.25) is 4.79 Å². The average molecular weight is 445 g/mol. The van der Waals surface area contributed by atoms with Gasteiger partial charge in [-0.05, 0) is 55.4 Å². The van der Waals surface area contributed by atoms with Crippen LogP contribution in [0.4, 0.5) is 5.82 Å². The fourth-order valence-corrected chi connectivity index (χ4v) is 5.12. The fourth-order valence-electron chi connectivity index (χ4n) is 5.12. The second kappa shape index (κ2) is 9.02. The third kappa shape index (κ3) is 4.19. The Morgan fingerprint density at radius 1 is 1.15 bits per heavy atom. The summed E-state index contributed by atoms with van der Waals surface area (Å²) in [4.78, 5) is 14.3. The van der Waals surface area contributed by atoms with Crippen LogP contribution in [0.15, 0.2) is 48.2 Å². The minimum atomic E-state index is -0.463. The number of carbonyl (C=O) groups is 1. The Kier molecular flexibility index (Phi) is 5.78. The highest BCUT2D eigenvalue weighted by atomic mass is 16.5. The number of piperidine rings is 1. The summed E-state index contributed by atoms with van der Waals surface area (Å²) < 4.78 is 7.97. The zero-order chi connectivity index (χ0) is 22.8. The molecule has 0 radical (unpaired) electrons. The van der Waals surface area contributed by atoms with E-state index in [-0.39, 0.29) is 6.04 Å². The van der Waals surface area contributed by atoms with Gasteiger partial charge in [0, 0.05) is 26.1 Å². The number of allylic oxidation sites excluding steroid dienone is 4. The number of para-hydroxylation sites is 1. The summed E-state index contributed by atoms with van der Waals surface area (Å²) >= 11 is 0. The van der Waals surface area contributed by atoms with Crippen molar-refractivity contribution in [3.63, 3.8) is 0 Å². The van der Waals surface area contributed by atoms with Crippen molar-refractivity contribution in [3.8, 4) is 11.9 Å². The van der Waals surface area contributed by atoms with Crippen molar-refractivity contribution in [1.29, 1.82) is 5.26 Å². The van der Waals surface area contributed by atoms with Gasteiger partial charge in [-0.1, -0.05) is 24.3 Å². The molecule has 8 heteroatoms. The number of primary amides is 1. The van der Waals surface area contributed by atoms with E-state index in [4.69, 9.17) is 20.8 Å². The van der Waals surface area contributed by atoms with Gasteiger partial charge in [0.05, 0.1) is 6.04 Å². The number of ether oxygens (including phenoxy) is 1. The van der Waals surface area contributed by atoms with Crippen molar-refractivity contribution in [2.75, 3.05) is 25.0 Å². The molecule has 1 aromatic carbocycles. The molecule has 8 nitrogen and oxygen atoms in total. The van der Waals surface area contributed by atoms with Crippen LogP contribution in [0.1, 0.15) is 54.2 Å². The number of benzene rings is 1. The number of hydrogen-bond donors (Lipinski definition) is 2. The predicted octanol–water partition coefficient (Wildman–Crippen LogP) is 3.67. The Morgan fingerprint density at radius 2 is 1.94 bits per heavy atom. The van der Waals surface area contributed by atoms with E-state index in [9.17, 15) is 4.79 Å². The standard InChI is InChI=1S/C25H28N6O2/c26-16-30-14-11-17(12-15-30)21-10-13-28-25-22(24(27)32)23(29-31(21)25)18-6-8-20(9-7-18)33-19-4-2-1-3-5-19/h1-6,8,17,21,28H,7,9-15H2,(H2,27,32). The third-order valence-electron chi connectivity index (χ3n) is 6.84. The van der Waals surface area contributed by atoms with Crippen LogP contribution in [0.5, 0.6) is 5.75 Å². The monoisotopic (exact) mass is 444 g/mol. The summed E-state index contributed by atoms with van der Waals surface area (Å²) in [5, 5.41) is 17.5. The molecule has 2 aliphatic heterocycles. The molecule has 1 saturated heterocycles. The van der Waals surface area contributed by atoms with E-state index in [1.807, 2.05) is 52.1 Å². The molecule has 33 heavy (non-hydrogen) atoms. The van der Waals surface area contributed by atoms with Gasteiger partial charge in [-0.15, -0.1) is 0 Å². The molecule has 1 unspecified atom stereocenters. The van der Waals surface area contributed by atoms with Crippen LogP contribution in [-0.4, -0.2) is 40.2 Å². The summed E-state index contributed by atoms with van der Waals surface area (Å²) in [6, 6.07) is 9.92. The first-order chi connectivity index (χ1) is 16.1. The molecule has 3 heterocycles. The maximum atomic E-state index is 12.5. The Morgan fingerprint density at radius 3 is 2.61 bits per heavy atom. The van der Waals surface area contributed by atoms with Crippen LogP contribution in [0.25, 0.3) is 5.57 Å². The molecule has 1 fully saturated rings. The number of nitrogens with two attached hydrogens (primary N) is 1. The number of nitrogens with zero attached hydrogens (tertiary/aromatic N) is 4. The predicted molar refractivity (Wildman–Crippen MR) is 125 cm³/mol. The van der Waals surface area contributed by atoms with Gasteiger partial charge >= 0.3 is 0 Å². The molecular formula is C25H28N6O2. The summed E-state index contributed by atoms with van der Waals surface area (Å²) in [5.41, 5.74) is 7.97.